The zero-order chi connectivity index (χ0) is 38.0. The Morgan fingerprint density at radius 3 is 2.29 bits per heavy atom. The molecule has 0 radical (unpaired) electrons. The predicted octanol–water partition coefficient (Wildman–Crippen LogP) is 11.0. The largest absolute Gasteiger partial charge is 0.416 e. The Labute approximate surface area is 300 Å². The Kier molecular flexibility index (Phi) is 14.7. The minimum atomic E-state index is -4.60. The first kappa shape index (κ1) is 41.1. The molecule has 3 heterocycles. The number of allylic oxidation sites excluding steroid dienone is 2. The summed E-state index contributed by atoms with van der Waals surface area (Å²) in [5, 5.41) is 2.40. The van der Waals surface area contributed by atoms with Gasteiger partial charge in [-0.1, -0.05) is 67.4 Å². The van der Waals surface area contributed by atoms with Gasteiger partial charge in [-0.2, -0.15) is 13.2 Å². The molecule has 0 bridgehead atoms. The van der Waals surface area contributed by atoms with E-state index in [0.29, 0.717) is 36.0 Å². The van der Waals surface area contributed by atoms with E-state index in [0.717, 1.165) is 79.9 Å². The molecule has 2 aromatic rings. The molecule has 51 heavy (non-hydrogen) atoms. The highest BCUT2D eigenvalue weighted by Crippen LogP contribution is 2.46. The molecule has 2 aliphatic rings. The maximum absolute atomic E-state index is 16.4. The van der Waals surface area contributed by atoms with Gasteiger partial charge < -0.3 is 19.9 Å². The highest BCUT2D eigenvalue weighted by molar-refractivity contribution is 6.20. The van der Waals surface area contributed by atoms with Gasteiger partial charge in [0.1, 0.15) is 17.4 Å². The zero-order valence-corrected chi connectivity index (χ0v) is 31.3. The molecular weight excluding hydrogens is 658 g/mol. The minimum absolute atomic E-state index is 0.0396. The molecule has 1 aromatic carbocycles. The number of carbonyl (C=O) groups excluding carboxylic acids is 2. The number of fused-ring (bicyclic) bond motifs is 2. The fourth-order valence-corrected chi connectivity index (χ4v) is 6.12. The maximum Gasteiger partial charge on any atom is 0.416 e. The number of pyridine rings is 1. The van der Waals surface area contributed by atoms with Gasteiger partial charge in [-0.3, -0.25) is 4.79 Å². The SMILES string of the molecule is C=C([C@H](CCCC)CC(C)CC)N1C=CN=C2C1=C(C(C)CC)c1c(F)cc(C(=O)Nc3cc(C(F)(F)F)ccn3)cc1N2CC.CCC(C)=O. The Bertz CT molecular complexity index is 1660. The zero-order valence-electron chi connectivity index (χ0n) is 31.3. The lowest BCUT2D eigenvalue weighted by Gasteiger charge is -2.43. The fraction of sp³-hybridized carbons (Fsp3) is 0.500. The van der Waals surface area contributed by atoms with Crippen molar-refractivity contribution in [3.8, 4) is 0 Å². The molecule has 4 rings (SSSR count). The van der Waals surface area contributed by atoms with Crippen LogP contribution in [0.3, 0.4) is 0 Å². The van der Waals surface area contributed by atoms with Crippen LogP contribution < -0.4 is 10.2 Å². The number of hydrogen-bond acceptors (Lipinski definition) is 6. The van der Waals surface area contributed by atoms with Crippen molar-refractivity contribution in [3.05, 3.63) is 83.3 Å². The van der Waals surface area contributed by atoms with E-state index in [9.17, 15) is 22.8 Å². The van der Waals surface area contributed by atoms with Gasteiger partial charge in [0.15, 0.2) is 5.84 Å². The number of halogens is 4. The average Bonchev–Trinajstić information content (AvgIpc) is 3.11. The van der Waals surface area contributed by atoms with Crippen molar-refractivity contribution in [2.75, 3.05) is 16.8 Å². The van der Waals surface area contributed by atoms with Crippen LogP contribution in [0.15, 0.2) is 65.8 Å². The van der Waals surface area contributed by atoms with E-state index < -0.39 is 23.5 Å². The van der Waals surface area contributed by atoms with Crippen LogP contribution in [0.1, 0.15) is 122 Å². The number of anilines is 2. The van der Waals surface area contributed by atoms with Crippen molar-refractivity contribution in [2.45, 2.75) is 107 Å². The molecule has 278 valence electrons. The Balaban J connectivity index is 0.00000131. The number of unbranched alkanes of at least 4 members (excludes halogenated alkanes) is 1. The number of aromatic nitrogens is 1. The summed E-state index contributed by atoms with van der Waals surface area (Å²) in [4.78, 5) is 35.7. The molecule has 0 aliphatic carbocycles. The molecular formula is C40H53F4N5O2. The lowest BCUT2D eigenvalue weighted by atomic mass is 9.83. The number of nitrogens with one attached hydrogen (secondary N) is 1. The van der Waals surface area contributed by atoms with E-state index in [-0.39, 0.29) is 29.0 Å². The van der Waals surface area contributed by atoms with Crippen LogP contribution in [0.25, 0.3) is 5.57 Å². The summed E-state index contributed by atoms with van der Waals surface area (Å²) in [5.41, 5.74) is 2.42. The first-order valence-electron chi connectivity index (χ1n) is 18.0. The number of amidine groups is 1. The summed E-state index contributed by atoms with van der Waals surface area (Å²) in [6.07, 6.45) is 6.65. The van der Waals surface area contributed by atoms with Crippen molar-refractivity contribution in [3.63, 3.8) is 0 Å². The minimum Gasteiger partial charge on any atom is -0.324 e. The van der Waals surface area contributed by atoms with Crippen molar-refractivity contribution in [1.29, 1.82) is 0 Å². The van der Waals surface area contributed by atoms with Crippen LogP contribution in [0, 0.1) is 23.6 Å². The number of nitrogens with zero attached hydrogens (tertiary/aromatic N) is 4. The number of rotatable bonds is 14. The number of Topliss-reactive ketones (excluding diaryl/α,β-unsaturated/α-hetero) is 1. The number of aliphatic imine (C=N–C) groups is 1. The van der Waals surface area contributed by atoms with Crippen molar-refractivity contribution in [1.82, 2.24) is 9.88 Å². The molecule has 11 heteroatoms. The van der Waals surface area contributed by atoms with E-state index in [4.69, 9.17) is 4.99 Å². The number of alkyl halides is 3. The molecule has 2 unspecified atom stereocenters. The maximum atomic E-state index is 16.4. The standard InChI is InChI=1S/C36H45F4N5O.C4H8O/c1-8-12-13-25(18-22(5)9-2)24(7)45-17-16-42-34-33(45)31(23(6)10-3)32-28(37)19-26(20-29(32)44(34)11-4)35(46)43-30-21-27(14-15-41-30)36(38,39)40;1-3-4(2)5/h14-17,19-23,25H,7-13,18H2,1-6H3,(H,41,43,46);3H2,1-2H3/t22?,23?,25-;/m1./s1. The van der Waals surface area contributed by atoms with Gasteiger partial charge >= 0.3 is 6.18 Å². The molecule has 1 amide bonds. The number of amides is 1. The third-order valence-electron chi connectivity index (χ3n) is 9.59. The summed E-state index contributed by atoms with van der Waals surface area (Å²) in [5.74, 6) is -0.0489. The number of ketones is 1. The fourth-order valence-electron chi connectivity index (χ4n) is 6.12. The summed E-state index contributed by atoms with van der Waals surface area (Å²) in [6, 6.07) is 4.30. The van der Waals surface area contributed by atoms with Crippen LogP contribution in [0.5, 0.6) is 0 Å². The van der Waals surface area contributed by atoms with Crippen LogP contribution in [-0.2, 0) is 11.0 Å². The second-order valence-electron chi connectivity index (χ2n) is 13.3. The van der Waals surface area contributed by atoms with Crippen LogP contribution >= 0.6 is 0 Å². The summed E-state index contributed by atoms with van der Waals surface area (Å²) in [6.45, 7) is 21.1. The highest BCUT2D eigenvalue weighted by Gasteiger charge is 2.39. The number of benzene rings is 1. The van der Waals surface area contributed by atoms with Gasteiger partial charge in [0.25, 0.3) is 5.91 Å². The van der Waals surface area contributed by atoms with Gasteiger partial charge in [-0.05, 0) is 80.7 Å². The predicted molar refractivity (Wildman–Crippen MR) is 199 cm³/mol. The van der Waals surface area contributed by atoms with Crippen molar-refractivity contribution in [2.24, 2.45) is 22.7 Å². The lowest BCUT2D eigenvalue weighted by molar-refractivity contribution is -0.137. The van der Waals surface area contributed by atoms with E-state index in [1.165, 1.54) is 0 Å². The summed E-state index contributed by atoms with van der Waals surface area (Å²) < 4.78 is 56.2. The summed E-state index contributed by atoms with van der Waals surface area (Å²) in [7, 11) is 0. The third kappa shape index (κ3) is 9.95. The van der Waals surface area contributed by atoms with Gasteiger partial charge in [0, 0.05) is 48.4 Å². The average molecular weight is 712 g/mol. The highest BCUT2D eigenvalue weighted by atomic mass is 19.4. The molecule has 0 saturated heterocycles. The molecule has 0 saturated carbocycles. The van der Waals surface area contributed by atoms with Gasteiger partial charge in [0.2, 0.25) is 0 Å². The van der Waals surface area contributed by atoms with Crippen molar-refractivity contribution >= 4 is 34.6 Å². The van der Waals surface area contributed by atoms with Crippen LogP contribution in [-0.4, -0.2) is 34.0 Å². The normalized spacial score (nSPS) is 15.6. The molecule has 1 N–H and O–H groups in total. The molecule has 7 nitrogen and oxygen atoms in total. The smallest absolute Gasteiger partial charge is 0.324 e. The lowest BCUT2D eigenvalue weighted by Crippen LogP contribution is -2.43. The van der Waals surface area contributed by atoms with Crippen LogP contribution in [0.4, 0.5) is 29.1 Å². The Morgan fingerprint density at radius 1 is 1.04 bits per heavy atom. The van der Waals surface area contributed by atoms with E-state index in [2.05, 4.69) is 49.5 Å². The van der Waals surface area contributed by atoms with Gasteiger partial charge in [-0.15, -0.1) is 0 Å². The van der Waals surface area contributed by atoms with Crippen LogP contribution in [0.2, 0.25) is 0 Å². The Hall–Kier alpha value is -4.28. The Morgan fingerprint density at radius 2 is 1.73 bits per heavy atom. The molecule has 1 aromatic heterocycles. The third-order valence-corrected chi connectivity index (χ3v) is 9.59. The second-order valence-corrected chi connectivity index (χ2v) is 13.3. The molecule has 2 aliphatic heterocycles. The molecule has 0 spiro atoms. The number of likely N-dealkylation sites (N-methyl/N-ethyl adjacent to an activating group) is 1. The molecule has 3 atom stereocenters. The van der Waals surface area contributed by atoms with Gasteiger partial charge in [0.05, 0.1) is 16.9 Å². The monoisotopic (exact) mass is 711 g/mol. The number of carbonyl (C=O) groups is 2. The van der Waals surface area contributed by atoms with E-state index in [1.807, 2.05) is 31.9 Å². The van der Waals surface area contributed by atoms with Gasteiger partial charge in [-0.25, -0.2) is 14.4 Å². The topological polar surface area (TPSA) is 77.9 Å². The number of hydrogen-bond donors (Lipinski definition) is 1. The quantitative estimate of drug-likeness (QED) is 0.197. The summed E-state index contributed by atoms with van der Waals surface area (Å²) >= 11 is 0. The molecule has 0 fully saturated rings. The van der Waals surface area contributed by atoms with E-state index in [1.54, 1.807) is 19.2 Å². The van der Waals surface area contributed by atoms with Crippen molar-refractivity contribution < 1.29 is 27.2 Å². The second kappa shape index (κ2) is 18.3. The first-order chi connectivity index (χ1) is 24.1. The van der Waals surface area contributed by atoms with E-state index >= 15 is 4.39 Å². The first-order valence-corrected chi connectivity index (χ1v) is 18.0.